The number of amides is 1. The number of sulfone groups is 1. The number of hydrogen-bond donors (Lipinski definition) is 3. The van der Waals surface area contributed by atoms with E-state index in [0.717, 1.165) is 24.7 Å². The number of H-pyrrole nitrogens is 1. The normalized spacial score (nSPS) is 19.8. The number of benzene rings is 1. The lowest BCUT2D eigenvalue weighted by Crippen LogP contribution is -2.18. The van der Waals surface area contributed by atoms with Crippen molar-refractivity contribution in [1.29, 1.82) is 0 Å². The first-order valence-corrected chi connectivity index (χ1v) is 13.4. The molecule has 0 unspecified atom stereocenters. The van der Waals surface area contributed by atoms with Crippen LogP contribution >= 0.6 is 0 Å². The number of carbonyl (C=O) groups is 1. The lowest BCUT2D eigenvalue weighted by atomic mass is 9.91. The number of rotatable bonds is 7. The number of hydrogen-bond acceptors (Lipinski definition) is 7. The zero-order valence-corrected chi connectivity index (χ0v) is 20.3. The van der Waals surface area contributed by atoms with Gasteiger partial charge in [-0.3, -0.25) is 4.79 Å². The Morgan fingerprint density at radius 1 is 1.16 bits per heavy atom. The Hall–Kier alpha value is -3.26. The second-order valence-corrected chi connectivity index (χ2v) is 11.2. The number of halogens is 4. The van der Waals surface area contributed by atoms with E-state index in [2.05, 4.69) is 25.6 Å². The predicted molar refractivity (Wildman–Crippen MR) is 126 cm³/mol. The Morgan fingerprint density at radius 2 is 1.86 bits per heavy atom. The summed E-state index contributed by atoms with van der Waals surface area (Å²) in [7, 11) is -3.73. The molecule has 1 saturated heterocycles. The number of pyridine rings is 1. The van der Waals surface area contributed by atoms with E-state index in [9.17, 15) is 30.8 Å². The second-order valence-electron chi connectivity index (χ2n) is 9.22. The quantitative estimate of drug-likeness (QED) is 0.375. The highest BCUT2D eigenvalue weighted by Gasteiger charge is 2.61. The molecule has 5 rings (SSSR count). The average Bonchev–Trinajstić information content (AvgIpc) is 3.27. The molecule has 0 bridgehead atoms. The van der Waals surface area contributed by atoms with Gasteiger partial charge in [0.05, 0.1) is 16.3 Å². The van der Waals surface area contributed by atoms with E-state index in [-0.39, 0.29) is 39.2 Å². The fourth-order valence-corrected chi connectivity index (χ4v) is 5.23. The molecule has 0 radical (unpaired) electrons. The van der Waals surface area contributed by atoms with Crippen molar-refractivity contribution < 1.29 is 35.5 Å². The zero-order chi connectivity index (χ0) is 26.5. The first-order valence-electron chi connectivity index (χ1n) is 11.5. The number of carbonyl (C=O) groups excluding carboxylic acids is 1. The van der Waals surface area contributed by atoms with Crippen LogP contribution in [-0.2, 0) is 19.4 Å². The zero-order valence-electron chi connectivity index (χ0n) is 19.5. The molecular formula is C23H23F4N5O4S. The molecule has 2 aromatic heterocycles. The van der Waals surface area contributed by atoms with Crippen molar-refractivity contribution in [1.82, 2.24) is 15.0 Å². The van der Waals surface area contributed by atoms with Gasteiger partial charge in [-0.1, -0.05) is 6.07 Å². The van der Waals surface area contributed by atoms with Crippen LogP contribution < -0.4 is 10.6 Å². The van der Waals surface area contributed by atoms with Gasteiger partial charge in [-0.15, -0.1) is 0 Å². The molecule has 3 heterocycles. The van der Waals surface area contributed by atoms with Crippen LogP contribution in [0.4, 0.5) is 34.8 Å². The van der Waals surface area contributed by atoms with Crippen LogP contribution in [0.2, 0.25) is 0 Å². The van der Waals surface area contributed by atoms with Gasteiger partial charge in [-0.05, 0) is 36.5 Å². The molecule has 9 nitrogen and oxygen atoms in total. The molecule has 1 atom stereocenters. The van der Waals surface area contributed by atoms with Gasteiger partial charge in [-0.25, -0.2) is 35.9 Å². The third kappa shape index (κ3) is 5.25. The lowest BCUT2D eigenvalue weighted by molar-refractivity contribution is -0.119. The van der Waals surface area contributed by atoms with Gasteiger partial charge in [0.25, 0.3) is 12.3 Å². The van der Waals surface area contributed by atoms with Gasteiger partial charge >= 0.3 is 0 Å². The van der Waals surface area contributed by atoms with Crippen LogP contribution in [0.1, 0.15) is 43.0 Å². The molecule has 2 fully saturated rings. The second kappa shape index (κ2) is 9.24. The molecule has 14 heteroatoms. The number of imidazole rings is 1. The predicted octanol–water partition coefficient (Wildman–Crippen LogP) is 4.53. The number of alkyl halides is 4. The van der Waals surface area contributed by atoms with Gasteiger partial charge in [0.15, 0.2) is 21.3 Å². The van der Waals surface area contributed by atoms with E-state index in [1.54, 1.807) is 18.2 Å². The minimum Gasteiger partial charge on any atom is -0.381 e. The van der Waals surface area contributed by atoms with Crippen LogP contribution in [0, 0.1) is 5.92 Å². The van der Waals surface area contributed by atoms with Gasteiger partial charge in [-0.2, -0.15) is 0 Å². The molecule has 1 amide bonds. The summed E-state index contributed by atoms with van der Waals surface area (Å²) in [5, 5.41) is 5.19. The maximum Gasteiger partial charge on any atom is 0.295 e. The van der Waals surface area contributed by atoms with Crippen molar-refractivity contribution >= 4 is 44.1 Å². The minimum atomic E-state index is -3.73. The average molecular weight is 542 g/mol. The summed E-state index contributed by atoms with van der Waals surface area (Å²) in [5.41, 5.74) is 0.844. The monoisotopic (exact) mass is 541 g/mol. The van der Waals surface area contributed by atoms with Gasteiger partial charge in [0, 0.05) is 32.0 Å². The number of nitrogens with one attached hydrogen (secondary N) is 3. The Labute approximate surface area is 208 Å². The van der Waals surface area contributed by atoms with Crippen molar-refractivity contribution in [2.24, 2.45) is 5.92 Å². The van der Waals surface area contributed by atoms with Crippen LogP contribution in [0.15, 0.2) is 29.2 Å². The molecule has 3 aromatic rings. The Balaban J connectivity index is 1.54. The fraction of sp³-hybridized carbons (Fsp3) is 0.435. The molecule has 37 heavy (non-hydrogen) atoms. The summed E-state index contributed by atoms with van der Waals surface area (Å²) >= 11 is 0. The molecule has 3 N–H and O–H groups in total. The van der Waals surface area contributed by atoms with Crippen LogP contribution in [0.5, 0.6) is 0 Å². The third-order valence-electron chi connectivity index (χ3n) is 6.44. The molecule has 1 saturated carbocycles. The highest BCUT2D eigenvalue weighted by molar-refractivity contribution is 7.90. The summed E-state index contributed by atoms with van der Waals surface area (Å²) < 4.78 is 84.0. The highest BCUT2D eigenvalue weighted by atomic mass is 32.2. The SMILES string of the molecule is CS(=O)(=O)c1cc(C2CCOCC2)ccc1Nc1cc(NC(=O)[C@H]2CC2(F)F)nc2[nH]c(C(F)F)nc12. The van der Waals surface area contributed by atoms with E-state index in [0.29, 0.717) is 13.2 Å². The summed E-state index contributed by atoms with van der Waals surface area (Å²) in [6, 6.07) is 6.14. The van der Waals surface area contributed by atoms with E-state index in [4.69, 9.17) is 4.74 Å². The number of nitrogens with zero attached hydrogens (tertiary/aromatic N) is 2. The first-order chi connectivity index (χ1) is 17.4. The van der Waals surface area contributed by atoms with Crippen molar-refractivity contribution in [2.75, 3.05) is 30.1 Å². The van der Waals surface area contributed by atoms with Crippen molar-refractivity contribution in [2.45, 2.75) is 42.4 Å². The molecule has 0 spiro atoms. The van der Waals surface area contributed by atoms with Crippen molar-refractivity contribution in [3.63, 3.8) is 0 Å². The fourth-order valence-electron chi connectivity index (χ4n) is 4.36. The number of aromatic nitrogens is 3. The molecule has 1 aliphatic heterocycles. The van der Waals surface area contributed by atoms with Gasteiger partial charge in [0.1, 0.15) is 17.3 Å². The summed E-state index contributed by atoms with van der Waals surface area (Å²) in [6.07, 6.45) is -1.02. The van der Waals surface area contributed by atoms with E-state index in [1.807, 2.05) is 0 Å². The number of fused-ring (bicyclic) bond motifs is 1. The number of anilines is 3. The van der Waals surface area contributed by atoms with Crippen molar-refractivity contribution in [3.8, 4) is 0 Å². The third-order valence-corrected chi connectivity index (χ3v) is 7.58. The minimum absolute atomic E-state index is 0.0192. The molecular weight excluding hydrogens is 518 g/mol. The van der Waals surface area contributed by atoms with Crippen molar-refractivity contribution in [3.05, 3.63) is 35.7 Å². The van der Waals surface area contributed by atoms with Crippen LogP contribution in [0.25, 0.3) is 11.2 Å². The maximum atomic E-state index is 13.3. The first kappa shape index (κ1) is 25.4. The van der Waals surface area contributed by atoms with Crippen LogP contribution in [0.3, 0.4) is 0 Å². The highest BCUT2D eigenvalue weighted by Crippen LogP contribution is 2.49. The van der Waals surface area contributed by atoms with E-state index >= 15 is 0 Å². The Bertz CT molecular complexity index is 1470. The van der Waals surface area contributed by atoms with Crippen LogP contribution in [-0.4, -0.2) is 54.7 Å². The largest absolute Gasteiger partial charge is 0.381 e. The summed E-state index contributed by atoms with van der Waals surface area (Å²) in [6.45, 7) is 1.14. The molecule has 1 aliphatic carbocycles. The Kier molecular flexibility index (Phi) is 6.34. The van der Waals surface area contributed by atoms with E-state index < -0.39 is 46.3 Å². The Morgan fingerprint density at radius 3 is 2.49 bits per heavy atom. The van der Waals surface area contributed by atoms with E-state index in [1.165, 1.54) is 6.07 Å². The summed E-state index contributed by atoms with van der Waals surface area (Å²) in [5.74, 6) is -6.34. The maximum absolute atomic E-state index is 13.3. The number of ether oxygens (including phenoxy) is 1. The number of aromatic amines is 1. The molecule has 1 aromatic carbocycles. The summed E-state index contributed by atoms with van der Waals surface area (Å²) in [4.78, 5) is 22.4. The lowest BCUT2D eigenvalue weighted by Gasteiger charge is -2.23. The standard InChI is InChI=1S/C23H23F4N5O4S/c1-37(34,35)16-8-12(11-4-6-36-7-5-11)2-3-14(16)28-15-9-17(30-22(33)13-10-23(13,26)27)29-20-18(15)31-21(32-20)19(24)25/h2-3,8-9,11,13,19H,4-7,10H2,1H3,(H3,28,29,30,31,32,33)/t13-/m1/s1. The topological polar surface area (TPSA) is 126 Å². The molecule has 2 aliphatic rings. The smallest absolute Gasteiger partial charge is 0.295 e. The van der Waals surface area contributed by atoms with Gasteiger partial charge < -0.3 is 20.4 Å². The van der Waals surface area contributed by atoms with Gasteiger partial charge in [0.2, 0.25) is 5.91 Å². The molecule has 198 valence electrons.